The van der Waals surface area contributed by atoms with Gasteiger partial charge in [0.05, 0.1) is 17.6 Å². The van der Waals surface area contributed by atoms with Crippen LogP contribution < -0.4 is 0 Å². The summed E-state index contributed by atoms with van der Waals surface area (Å²) in [5.74, 6) is -0.0809. The Morgan fingerprint density at radius 3 is 2.80 bits per heavy atom. The van der Waals surface area contributed by atoms with Gasteiger partial charge in [-0.3, -0.25) is 9.78 Å². The molecule has 5 heteroatoms. The number of hydrogen-bond donors (Lipinski definition) is 0. The molecule has 2 rings (SSSR count). The third kappa shape index (κ3) is 1.63. The summed E-state index contributed by atoms with van der Waals surface area (Å²) in [6.07, 6.45) is 3.35. The average molecular weight is 202 g/mol. The maximum atomic E-state index is 11.2. The summed E-state index contributed by atoms with van der Waals surface area (Å²) >= 11 is 0. The molecule has 0 saturated heterocycles. The molecule has 0 bridgehead atoms. The minimum absolute atomic E-state index is 0.0809. The molecule has 76 valence electrons. The summed E-state index contributed by atoms with van der Waals surface area (Å²) in [5, 5.41) is 7.74. The van der Waals surface area contributed by atoms with E-state index in [4.69, 9.17) is 0 Å². The van der Waals surface area contributed by atoms with Crippen molar-refractivity contribution in [2.24, 2.45) is 0 Å². The first-order valence-corrected chi connectivity index (χ1v) is 4.54. The molecule has 0 unspecified atom stereocenters. The van der Waals surface area contributed by atoms with E-state index < -0.39 is 0 Å². The second-order valence-corrected chi connectivity index (χ2v) is 3.20. The molecule has 0 saturated carbocycles. The molecule has 0 N–H and O–H groups in total. The summed E-state index contributed by atoms with van der Waals surface area (Å²) in [6, 6.07) is 3.67. The van der Waals surface area contributed by atoms with Crippen LogP contribution in [-0.2, 0) is 0 Å². The number of rotatable bonds is 2. The minimum atomic E-state index is -0.0809. The summed E-state index contributed by atoms with van der Waals surface area (Å²) in [5.41, 5.74) is 1.93. The van der Waals surface area contributed by atoms with Crippen LogP contribution in [0.5, 0.6) is 0 Å². The van der Waals surface area contributed by atoms with Gasteiger partial charge in [-0.15, -0.1) is 5.10 Å². The fourth-order valence-electron chi connectivity index (χ4n) is 1.38. The summed E-state index contributed by atoms with van der Waals surface area (Å²) in [4.78, 5) is 15.2. The average Bonchev–Trinajstić information content (AvgIpc) is 2.61. The Morgan fingerprint density at radius 2 is 2.27 bits per heavy atom. The highest BCUT2D eigenvalue weighted by molar-refractivity contribution is 5.93. The van der Waals surface area contributed by atoms with E-state index in [1.165, 1.54) is 6.92 Å². The Hall–Kier alpha value is -2.04. The molecule has 0 fully saturated rings. The van der Waals surface area contributed by atoms with E-state index in [1.807, 2.05) is 19.1 Å². The maximum absolute atomic E-state index is 11.2. The number of Topliss-reactive ketones (excluding diaryl/α,β-unsaturated/α-hetero) is 1. The second-order valence-electron chi connectivity index (χ2n) is 3.20. The van der Waals surface area contributed by atoms with Gasteiger partial charge in [0, 0.05) is 13.1 Å². The van der Waals surface area contributed by atoms with Gasteiger partial charge in [0.25, 0.3) is 0 Å². The summed E-state index contributed by atoms with van der Waals surface area (Å²) < 4.78 is 1.60. The summed E-state index contributed by atoms with van der Waals surface area (Å²) in [6.45, 7) is 3.29. The fraction of sp³-hybridized carbons (Fsp3) is 0.200. The molecule has 0 aliphatic heterocycles. The Morgan fingerprint density at radius 1 is 1.47 bits per heavy atom. The van der Waals surface area contributed by atoms with Crippen molar-refractivity contribution in [2.75, 3.05) is 0 Å². The van der Waals surface area contributed by atoms with Crippen molar-refractivity contribution < 1.29 is 4.79 Å². The van der Waals surface area contributed by atoms with Crippen LogP contribution >= 0.6 is 0 Å². The zero-order valence-corrected chi connectivity index (χ0v) is 8.51. The second kappa shape index (κ2) is 3.61. The van der Waals surface area contributed by atoms with Gasteiger partial charge < -0.3 is 0 Å². The minimum Gasteiger partial charge on any atom is -0.293 e. The van der Waals surface area contributed by atoms with Crippen molar-refractivity contribution in [2.45, 2.75) is 13.8 Å². The van der Waals surface area contributed by atoms with Crippen LogP contribution in [0.4, 0.5) is 0 Å². The first-order valence-electron chi connectivity index (χ1n) is 4.54. The van der Waals surface area contributed by atoms with Crippen LogP contribution in [0.2, 0.25) is 0 Å². The van der Waals surface area contributed by atoms with Crippen molar-refractivity contribution in [1.82, 2.24) is 20.0 Å². The van der Waals surface area contributed by atoms with Crippen LogP contribution in [0, 0.1) is 6.92 Å². The predicted molar refractivity (Wildman–Crippen MR) is 53.9 cm³/mol. The van der Waals surface area contributed by atoms with Gasteiger partial charge in [-0.25, -0.2) is 4.68 Å². The molecular weight excluding hydrogens is 192 g/mol. The van der Waals surface area contributed by atoms with Crippen LogP contribution in [0.25, 0.3) is 5.69 Å². The van der Waals surface area contributed by atoms with E-state index in [2.05, 4.69) is 15.3 Å². The fourth-order valence-corrected chi connectivity index (χ4v) is 1.38. The predicted octanol–water partition coefficient (Wildman–Crippen LogP) is 1.17. The van der Waals surface area contributed by atoms with Crippen LogP contribution in [0.15, 0.2) is 24.5 Å². The first-order chi connectivity index (χ1) is 7.20. The lowest BCUT2D eigenvalue weighted by Gasteiger charge is -2.01. The lowest BCUT2D eigenvalue weighted by Crippen LogP contribution is -2.01. The van der Waals surface area contributed by atoms with Crippen molar-refractivity contribution in [1.29, 1.82) is 0 Å². The summed E-state index contributed by atoms with van der Waals surface area (Å²) in [7, 11) is 0. The molecule has 0 atom stereocenters. The van der Waals surface area contributed by atoms with Crippen LogP contribution in [0.1, 0.15) is 23.1 Å². The zero-order chi connectivity index (χ0) is 10.8. The van der Waals surface area contributed by atoms with Gasteiger partial charge in [0.1, 0.15) is 0 Å². The first kappa shape index (κ1) is 9.51. The molecule has 15 heavy (non-hydrogen) atoms. The van der Waals surface area contributed by atoms with E-state index in [0.29, 0.717) is 5.69 Å². The molecule has 0 amide bonds. The molecule has 2 aromatic rings. The quantitative estimate of drug-likeness (QED) is 0.686. The molecule has 0 aliphatic carbocycles. The number of carbonyl (C=O) groups is 1. The van der Waals surface area contributed by atoms with Crippen molar-refractivity contribution in [3.05, 3.63) is 35.9 Å². The monoisotopic (exact) mass is 202 g/mol. The highest BCUT2D eigenvalue weighted by Crippen LogP contribution is 2.10. The van der Waals surface area contributed by atoms with E-state index >= 15 is 0 Å². The van der Waals surface area contributed by atoms with Gasteiger partial charge in [0.2, 0.25) is 0 Å². The van der Waals surface area contributed by atoms with Crippen LogP contribution in [0.3, 0.4) is 0 Å². The van der Waals surface area contributed by atoms with Crippen LogP contribution in [-0.4, -0.2) is 25.8 Å². The largest absolute Gasteiger partial charge is 0.293 e. The van der Waals surface area contributed by atoms with E-state index in [9.17, 15) is 4.79 Å². The molecular formula is C10H10N4O. The van der Waals surface area contributed by atoms with Gasteiger partial charge in [-0.1, -0.05) is 5.21 Å². The number of pyridine rings is 1. The van der Waals surface area contributed by atoms with Crippen molar-refractivity contribution in [3.8, 4) is 5.69 Å². The van der Waals surface area contributed by atoms with Gasteiger partial charge >= 0.3 is 0 Å². The third-order valence-corrected chi connectivity index (χ3v) is 2.12. The van der Waals surface area contributed by atoms with E-state index in [1.54, 1.807) is 17.1 Å². The van der Waals surface area contributed by atoms with E-state index in [-0.39, 0.29) is 5.78 Å². The zero-order valence-electron chi connectivity index (χ0n) is 8.51. The van der Waals surface area contributed by atoms with Crippen molar-refractivity contribution >= 4 is 5.78 Å². The highest BCUT2D eigenvalue weighted by atomic mass is 16.1. The topological polar surface area (TPSA) is 60.7 Å². The number of aromatic nitrogens is 4. The highest BCUT2D eigenvalue weighted by Gasteiger charge is 2.13. The molecule has 0 aliphatic rings. The molecule has 0 aromatic carbocycles. The smallest absolute Gasteiger partial charge is 0.181 e. The number of hydrogen-bond acceptors (Lipinski definition) is 4. The SMILES string of the molecule is CC(=O)c1nnn(-c2cccnc2)c1C. The molecule has 2 aromatic heterocycles. The van der Waals surface area contributed by atoms with Gasteiger partial charge in [-0.2, -0.15) is 0 Å². The lowest BCUT2D eigenvalue weighted by molar-refractivity contribution is 0.101. The van der Waals surface area contributed by atoms with Gasteiger partial charge in [-0.05, 0) is 19.1 Å². The Bertz CT molecular complexity index is 489. The van der Waals surface area contributed by atoms with Crippen molar-refractivity contribution in [3.63, 3.8) is 0 Å². The molecule has 0 spiro atoms. The normalized spacial score (nSPS) is 10.3. The maximum Gasteiger partial charge on any atom is 0.181 e. The number of nitrogens with zero attached hydrogens (tertiary/aromatic N) is 4. The van der Waals surface area contributed by atoms with E-state index in [0.717, 1.165) is 11.4 Å². The molecule has 5 nitrogen and oxygen atoms in total. The Balaban J connectivity index is 2.52. The van der Waals surface area contributed by atoms with Gasteiger partial charge in [0.15, 0.2) is 11.5 Å². The lowest BCUT2D eigenvalue weighted by atomic mass is 10.2. The molecule has 2 heterocycles. The molecule has 0 radical (unpaired) electrons. The standard InChI is InChI=1S/C10H10N4O/c1-7-10(8(2)15)12-13-14(7)9-4-3-5-11-6-9/h3-6H,1-2H3. The number of carbonyl (C=O) groups excluding carboxylic acids is 1. The third-order valence-electron chi connectivity index (χ3n) is 2.12. The Kier molecular flexibility index (Phi) is 2.29. The number of ketones is 1. The Labute approximate surface area is 86.8 Å².